The number of thiophene rings is 1. The largest absolute Gasteiger partial charge is 0.490 e. The van der Waals surface area contributed by atoms with Crippen LogP contribution < -0.4 is 4.74 Å². The van der Waals surface area contributed by atoms with Crippen LogP contribution in [0.15, 0.2) is 18.2 Å². The fourth-order valence-corrected chi connectivity index (χ4v) is 7.09. The lowest BCUT2D eigenvalue weighted by Crippen LogP contribution is -2.20. The lowest BCUT2D eigenvalue weighted by molar-refractivity contribution is 0.175. The molecule has 1 aromatic heterocycles. The maximum atomic E-state index is 15.2. The molecular weight excluding hydrogens is 391 g/mol. The van der Waals surface area contributed by atoms with E-state index in [0.717, 1.165) is 21.9 Å². The summed E-state index contributed by atoms with van der Waals surface area (Å²) in [5.74, 6) is 3.35. The molecule has 2 fully saturated rings. The lowest BCUT2D eigenvalue weighted by atomic mass is 9.79. The Balaban J connectivity index is 1.36. The second kappa shape index (κ2) is 10.5. The molecule has 0 unspecified atom stereocenters. The Labute approximate surface area is 186 Å². The van der Waals surface area contributed by atoms with Gasteiger partial charge in [-0.15, -0.1) is 11.3 Å². The molecule has 0 amide bonds. The summed E-state index contributed by atoms with van der Waals surface area (Å²) >= 11 is 1.67. The van der Waals surface area contributed by atoms with Crippen molar-refractivity contribution in [2.75, 3.05) is 6.61 Å². The van der Waals surface area contributed by atoms with Gasteiger partial charge in [0.25, 0.3) is 0 Å². The quantitative estimate of drug-likeness (QED) is 0.406. The lowest BCUT2D eigenvalue weighted by Gasteiger charge is -2.28. The van der Waals surface area contributed by atoms with E-state index in [1.807, 2.05) is 6.07 Å². The van der Waals surface area contributed by atoms with Crippen LogP contribution in [-0.2, 0) is 0 Å². The first-order valence-corrected chi connectivity index (χ1v) is 13.3. The van der Waals surface area contributed by atoms with E-state index in [4.69, 9.17) is 4.74 Å². The average Bonchev–Trinajstić information content (AvgIpc) is 3.21. The summed E-state index contributed by atoms with van der Waals surface area (Å²) in [4.78, 5) is 1.38. The first kappa shape index (κ1) is 22.1. The van der Waals surface area contributed by atoms with Gasteiger partial charge >= 0.3 is 0 Å². The maximum absolute atomic E-state index is 15.2. The monoisotopic (exact) mass is 430 g/mol. The van der Waals surface area contributed by atoms with E-state index in [1.54, 1.807) is 11.3 Å². The van der Waals surface area contributed by atoms with Crippen molar-refractivity contribution in [1.82, 2.24) is 0 Å². The molecule has 0 saturated heterocycles. The second-order valence-electron chi connectivity index (χ2n) is 9.94. The molecule has 0 radical (unpaired) electrons. The smallest absolute Gasteiger partial charge is 0.182 e. The molecule has 1 aromatic carbocycles. The van der Waals surface area contributed by atoms with Gasteiger partial charge in [-0.25, -0.2) is 4.39 Å². The van der Waals surface area contributed by atoms with E-state index in [0.29, 0.717) is 24.2 Å². The third kappa shape index (κ3) is 5.21. The van der Waals surface area contributed by atoms with E-state index in [9.17, 15) is 0 Å². The zero-order chi connectivity index (χ0) is 20.9. The Kier molecular flexibility index (Phi) is 7.73. The molecule has 3 heteroatoms. The Morgan fingerprint density at radius 1 is 0.867 bits per heavy atom. The van der Waals surface area contributed by atoms with Crippen molar-refractivity contribution in [2.45, 2.75) is 96.8 Å². The normalized spacial score (nSPS) is 27.4. The van der Waals surface area contributed by atoms with Crippen molar-refractivity contribution < 1.29 is 9.13 Å². The van der Waals surface area contributed by atoms with E-state index >= 15 is 4.39 Å². The first-order chi connectivity index (χ1) is 14.7. The zero-order valence-electron chi connectivity index (χ0n) is 18.9. The number of benzene rings is 1. The van der Waals surface area contributed by atoms with E-state index in [2.05, 4.69) is 26.0 Å². The summed E-state index contributed by atoms with van der Waals surface area (Å²) in [7, 11) is 0. The summed E-state index contributed by atoms with van der Waals surface area (Å²) in [6, 6.07) is 6.16. The molecule has 2 saturated carbocycles. The Bertz CT molecular complexity index is 797. The number of fused-ring (bicyclic) bond motifs is 1. The molecule has 2 aliphatic carbocycles. The molecular formula is C27H39FOS. The highest BCUT2D eigenvalue weighted by molar-refractivity contribution is 7.19. The number of halogens is 1. The standard InChI is InChI=1S/C27H39FOS/c1-3-5-19-7-9-21(10-8-19)18-29-24-16-15-23-17-25(30-27(23)26(24)28)22-13-11-20(6-4-2)12-14-22/h15-17,19-22H,3-14,18H2,1-2H3. The Morgan fingerprint density at radius 2 is 1.47 bits per heavy atom. The van der Waals surface area contributed by atoms with E-state index < -0.39 is 0 Å². The van der Waals surface area contributed by atoms with Gasteiger partial charge in [-0.1, -0.05) is 52.4 Å². The Hall–Kier alpha value is -1.09. The van der Waals surface area contributed by atoms with Gasteiger partial charge in [0.1, 0.15) is 0 Å². The molecule has 1 heterocycles. The molecule has 1 nitrogen and oxygen atoms in total. The van der Waals surface area contributed by atoms with Crippen LogP contribution in [0.5, 0.6) is 5.75 Å². The average molecular weight is 431 g/mol. The van der Waals surface area contributed by atoms with Gasteiger partial charge in [0, 0.05) is 4.88 Å². The number of hydrogen-bond donors (Lipinski definition) is 0. The fourth-order valence-electron chi connectivity index (χ4n) is 5.83. The number of hydrogen-bond acceptors (Lipinski definition) is 2. The maximum Gasteiger partial charge on any atom is 0.182 e. The van der Waals surface area contributed by atoms with Crippen molar-refractivity contribution in [3.63, 3.8) is 0 Å². The minimum atomic E-state index is -0.136. The number of rotatable bonds is 8. The van der Waals surface area contributed by atoms with Gasteiger partial charge in [-0.3, -0.25) is 0 Å². The van der Waals surface area contributed by atoms with Crippen LogP contribution in [0.25, 0.3) is 10.1 Å². The van der Waals surface area contributed by atoms with Crippen LogP contribution in [0.3, 0.4) is 0 Å². The highest BCUT2D eigenvalue weighted by Gasteiger charge is 2.25. The molecule has 0 N–H and O–H groups in total. The van der Waals surface area contributed by atoms with Crippen LogP contribution in [0.4, 0.5) is 4.39 Å². The molecule has 2 aliphatic rings. The van der Waals surface area contributed by atoms with Crippen molar-refractivity contribution in [2.24, 2.45) is 17.8 Å². The van der Waals surface area contributed by atoms with E-state index in [-0.39, 0.29) is 5.82 Å². The Morgan fingerprint density at radius 3 is 2.10 bits per heavy atom. The number of ether oxygens (including phenoxy) is 1. The molecule has 30 heavy (non-hydrogen) atoms. The van der Waals surface area contributed by atoms with Crippen LogP contribution >= 0.6 is 11.3 Å². The molecule has 0 bridgehead atoms. The fraction of sp³-hybridized carbons (Fsp3) is 0.704. The minimum Gasteiger partial charge on any atom is -0.490 e. The highest BCUT2D eigenvalue weighted by atomic mass is 32.1. The molecule has 0 aliphatic heterocycles. The van der Waals surface area contributed by atoms with E-state index in [1.165, 1.54) is 81.9 Å². The second-order valence-corrected chi connectivity index (χ2v) is 11.0. The van der Waals surface area contributed by atoms with Crippen molar-refractivity contribution in [3.8, 4) is 5.75 Å². The highest BCUT2D eigenvalue weighted by Crippen LogP contribution is 2.43. The summed E-state index contributed by atoms with van der Waals surface area (Å²) in [6.45, 7) is 5.24. The van der Waals surface area contributed by atoms with Gasteiger partial charge < -0.3 is 4.74 Å². The SMILES string of the molecule is CCCC1CCC(COc2ccc3cc(C4CCC(CCC)CC4)sc3c2F)CC1. The topological polar surface area (TPSA) is 9.23 Å². The van der Waals surface area contributed by atoms with Gasteiger partial charge in [0.2, 0.25) is 0 Å². The molecule has 2 aromatic rings. The third-order valence-corrected chi connectivity index (χ3v) is 9.00. The van der Waals surface area contributed by atoms with Gasteiger partial charge in [-0.05, 0) is 85.8 Å². The summed E-state index contributed by atoms with van der Waals surface area (Å²) in [6.07, 6.45) is 15.6. The zero-order valence-corrected chi connectivity index (χ0v) is 19.7. The van der Waals surface area contributed by atoms with Crippen LogP contribution in [0, 0.1) is 23.6 Å². The predicted molar refractivity (Wildman–Crippen MR) is 127 cm³/mol. The van der Waals surface area contributed by atoms with Crippen molar-refractivity contribution in [1.29, 1.82) is 0 Å². The van der Waals surface area contributed by atoms with Crippen molar-refractivity contribution >= 4 is 21.4 Å². The van der Waals surface area contributed by atoms with Gasteiger partial charge in [0.05, 0.1) is 11.3 Å². The summed E-state index contributed by atoms with van der Waals surface area (Å²) in [5, 5.41) is 1.05. The van der Waals surface area contributed by atoms with Crippen molar-refractivity contribution in [3.05, 3.63) is 28.9 Å². The van der Waals surface area contributed by atoms with Crippen LogP contribution in [-0.4, -0.2) is 6.61 Å². The molecule has 166 valence electrons. The first-order valence-electron chi connectivity index (χ1n) is 12.5. The van der Waals surface area contributed by atoms with Gasteiger partial charge in [0.15, 0.2) is 11.6 Å². The summed E-state index contributed by atoms with van der Waals surface area (Å²) < 4.78 is 22.0. The van der Waals surface area contributed by atoms with Crippen LogP contribution in [0.2, 0.25) is 0 Å². The third-order valence-electron chi connectivity index (χ3n) is 7.69. The molecule has 4 rings (SSSR count). The summed E-state index contributed by atoms with van der Waals surface area (Å²) in [5.41, 5.74) is 0. The van der Waals surface area contributed by atoms with Crippen LogP contribution in [0.1, 0.15) is 102 Å². The minimum absolute atomic E-state index is 0.136. The predicted octanol–water partition coefficient (Wildman–Crippen LogP) is 9.10. The molecule has 0 atom stereocenters. The molecule has 0 spiro atoms. The van der Waals surface area contributed by atoms with Gasteiger partial charge in [-0.2, -0.15) is 0 Å².